The lowest BCUT2D eigenvalue weighted by atomic mass is 10.0. The lowest BCUT2D eigenvalue weighted by Gasteiger charge is -2.27. The lowest BCUT2D eigenvalue weighted by molar-refractivity contribution is 0.332. The van der Waals surface area contributed by atoms with E-state index in [0.717, 1.165) is 5.56 Å². The van der Waals surface area contributed by atoms with Gasteiger partial charge in [0.05, 0.1) is 14.2 Å². The molecule has 2 unspecified atom stereocenters. The quantitative estimate of drug-likeness (QED) is 0.815. The summed E-state index contributed by atoms with van der Waals surface area (Å²) >= 11 is 3.30. The second kappa shape index (κ2) is 7.22. The minimum atomic E-state index is -0.302. The molecule has 0 spiro atoms. The van der Waals surface area contributed by atoms with E-state index < -0.39 is 0 Å². The first kappa shape index (κ1) is 16.9. The van der Waals surface area contributed by atoms with Crippen molar-refractivity contribution in [1.29, 1.82) is 0 Å². The van der Waals surface area contributed by atoms with Crippen LogP contribution in [0.15, 0.2) is 32.7 Å². The maximum Gasteiger partial charge on any atom is 0.209 e. The average Bonchev–Trinajstić information content (AvgIpc) is 2.45. The van der Waals surface area contributed by atoms with Crippen molar-refractivity contribution in [3.05, 3.63) is 34.1 Å². The standard InChI is InChI=1S/C16H20BrFN2O2/c1-9(2)14-16(22-4)19-13(15(20-14)21-3)7-10-5-11(17)8-12(18)6-10/h5-6,8-9,13-14H,7H2,1-4H3. The zero-order chi connectivity index (χ0) is 16.3. The summed E-state index contributed by atoms with van der Waals surface area (Å²) in [4.78, 5) is 9.22. The highest BCUT2D eigenvalue weighted by Crippen LogP contribution is 2.22. The van der Waals surface area contributed by atoms with Crippen LogP contribution in [-0.4, -0.2) is 38.1 Å². The number of benzene rings is 1. The minimum Gasteiger partial charge on any atom is -0.483 e. The van der Waals surface area contributed by atoms with Crippen molar-refractivity contribution < 1.29 is 13.9 Å². The van der Waals surface area contributed by atoms with E-state index in [9.17, 15) is 4.39 Å². The van der Waals surface area contributed by atoms with Crippen molar-refractivity contribution in [3.8, 4) is 0 Å². The Balaban J connectivity index is 2.29. The van der Waals surface area contributed by atoms with Crippen LogP contribution in [0.5, 0.6) is 0 Å². The summed E-state index contributed by atoms with van der Waals surface area (Å²) in [6.45, 7) is 4.11. The van der Waals surface area contributed by atoms with E-state index in [-0.39, 0.29) is 23.8 Å². The van der Waals surface area contributed by atoms with Crippen molar-refractivity contribution in [2.45, 2.75) is 32.4 Å². The van der Waals surface area contributed by atoms with E-state index in [4.69, 9.17) is 9.47 Å². The van der Waals surface area contributed by atoms with E-state index in [2.05, 4.69) is 39.8 Å². The molecule has 0 aliphatic carbocycles. The molecule has 1 aliphatic rings. The van der Waals surface area contributed by atoms with E-state index >= 15 is 0 Å². The third-order valence-electron chi connectivity index (χ3n) is 3.49. The predicted molar refractivity (Wildman–Crippen MR) is 89.1 cm³/mol. The number of ether oxygens (including phenoxy) is 2. The minimum absolute atomic E-state index is 0.143. The molecular weight excluding hydrogens is 351 g/mol. The predicted octanol–water partition coefficient (Wildman–Crippen LogP) is 3.63. The number of rotatable bonds is 3. The number of nitrogens with zero attached hydrogens (tertiary/aromatic N) is 2. The van der Waals surface area contributed by atoms with Gasteiger partial charge < -0.3 is 9.47 Å². The zero-order valence-electron chi connectivity index (χ0n) is 13.1. The number of hydrogen-bond donors (Lipinski definition) is 0. The fourth-order valence-electron chi connectivity index (χ4n) is 2.44. The van der Waals surface area contributed by atoms with Crippen LogP contribution in [0.1, 0.15) is 19.4 Å². The summed E-state index contributed by atoms with van der Waals surface area (Å²) in [5.74, 6) is 1.12. The first-order valence-corrected chi connectivity index (χ1v) is 7.92. The van der Waals surface area contributed by atoms with Gasteiger partial charge in [0.15, 0.2) is 0 Å². The van der Waals surface area contributed by atoms with Crippen LogP contribution in [0.2, 0.25) is 0 Å². The molecular formula is C16H20BrFN2O2. The average molecular weight is 371 g/mol. The highest BCUT2D eigenvalue weighted by molar-refractivity contribution is 9.10. The molecule has 0 fully saturated rings. The van der Waals surface area contributed by atoms with Crippen LogP contribution >= 0.6 is 15.9 Å². The molecule has 1 aromatic carbocycles. The monoisotopic (exact) mass is 370 g/mol. The Morgan fingerprint density at radius 3 is 2.36 bits per heavy atom. The third kappa shape index (κ3) is 3.85. The molecule has 22 heavy (non-hydrogen) atoms. The largest absolute Gasteiger partial charge is 0.483 e. The molecule has 1 aliphatic heterocycles. The van der Waals surface area contributed by atoms with Crippen LogP contribution in [0.4, 0.5) is 4.39 Å². The maximum absolute atomic E-state index is 13.5. The number of halogens is 2. The van der Waals surface area contributed by atoms with Gasteiger partial charge >= 0.3 is 0 Å². The van der Waals surface area contributed by atoms with Crippen molar-refractivity contribution >= 4 is 27.7 Å². The maximum atomic E-state index is 13.5. The topological polar surface area (TPSA) is 43.2 Å². The summed E-state index contributed by atoms with van der Waals surface area (Å²) in [6.07, 6.45) is 0.501. The fourth-order valence-corrected chi connectivity index (χ4v) is 2.96. The molecule has 2 rings (SSSR count). The first-order valence-electron chi connectivity index (χ1n) is 7.13. The summed E-state index contributed by atoms with van der Waals surface area (Å²) in [7, 11) is 3.18. The number of methoxy groups -OCH3 is 2. The molecule has 0 N–H and O–H groups in total. The van der Waals surface area contributed by atoms with Crippen molar-refractivity contribution in [3.63, 3.8) is 0 Å². The summed E-state index contributed by atoms with van der Waals surface area (Å²) < 4.78 is 25.0. The number of aliphatic imine (C=N–C) groups is 2. The van der Waals surface area contributed by atoms with E-state index in [1.54, 1.807) is 14.2 Å². The van der Waals surface area contributed by atoms with Crippen molar-refractivity contribution in [1.82, 2.24) is 0 Å². The molecule has 1 heterocycles. The molecule has 1 aromatic rings. The van der Waals surface area contributed by atoms with E-state index in [1.807, 2.05) is 6.07 Å². The lowest BCUT2D eigenvalue weighted by Crippen LogP contribution is -2.38. The van der Waals surface area contributed by atoms with Crippen LogP contribution < -0.4 is 0 Å². The number of hydrogen-bond acceptors (Lipinski definition) is 4. The molecule has 0 aromatic heterocycles. The van der Waals surface area contributed by atoms with Gasteiger partial charge in [-0.25, -0.2) is 14.4 Å². The van der Waals surface area contributed by atoms with Crippen LogP contribution in [0.25, 0.3) is 0 Å². The van der Waals surface area contributed by atoms with Gasteiger partial charge in [0.2, 0.25) is 11.8 Å². The molecule has 0 saturated carbocycles. The molecule has 0 amide bonds. The Bertz CT molecular complexity index is 582. The Labute approximate surface area is 138 Å². The summed E-state index contributed by atoms with van der Waals surface area (Å²) in [5.41, 5.74) is 0.823. The summed E-state index contributed by atoms with van der Waals surface area (Å²) in [5, 5.41) is 0. The smallest absolute Gasteiger partial charge is 0.209 e. The normalized spacial score (nSPS) is 21.4. The molecule has 120 valence electrons. The van der Waals surface area contributed by atoms with Gasteiger partial charge in [-0.2, -0.15) is 0 Å². The van der Waals surface area contributed by atoms with E-state index in [0.29, 0.717) is 22.7 Å². The van der Waals surface area contributed by atoms with Crippen molar-refractivity contribution in [2.24, 2.45) is 15.9 Å². The molecule has 0 saturated heterocycles. The van der Waals surface area contributed by atoms with Crippen LogP contribution in [-0.2, 0) is 15.9 Å². The SMILES string of the molecule is COC1=NC(C(C)C)C(OC)=NC1Cc1cc(F)cc(Br)c1. The van der Waals surface area contributed by atoms with Gasteiger partial charge in [0.25, 0.3) is 0 Å². The Hall–Kier alpha value is -1.43. The van der Waals surface area contributed by atoms with Crippen LogP contribution in [0.3, 0.4) is 0 Å². The highest BCUT2D eigenvalue weighted by atomic mass is 79.9. The Morgan fingerprint density at radius 2 is 1.82 bits per heavy atom. The molecule has 6 heteroatoms. The highest BCUT2D eigenvalue weighted by Gasteiger charge is 2.31. The molecule has 0 bridgehead atoms. The van der Waals surface area contributed by atoms with Gasteiger partial charge in [-0.15, -0.1) is 0 Å². The Morgan fingerprint density at radius 1 is 1.14 bits per heavy atom. The van der Waals surface area contributed by atoms with Crippen LogP contribution in [0, 0.1) is 11.7 Å². The molecule has 2 atom stereocenters. The second-order valence-corrected chi connectivity index (χ2v) is 6.45. The first-order chi connectivity index (χ1) is 10.4. The van der Waals surface area contributed by atoms with Gasteiger partial charge in [0.1, 0.15) is 17.9 Å². The molecule has 4 nitrogen and oxygen atoms in total. The molecule has 0 radical (unpaired) electrons. The van der Waals surface area contributed by atoms with Gasteiger partial charge in [-0.3, -0.25) is 0 Å². The fraction of sp³-hybridized carbons (Fsp3) is 0.500. The second-order valence-electron chi connectivity index (χ2n) is 5.53. The van der Waals surface area contributed by atoms with Gasteiger partial charge in [-0.1, -0.05) is 29.8 Å². The van der Waals surface area contributed by atoms with Gasteiger partial charge in [-0.05, 0) is 29.7 Å². The third-order valence-corrected chi connectivity index (χ3v) is 3.95. The summed E-state index contributed by atoms with van der Waals surface area (Å²) in [6, 6.07) is 4.34. The van der Waals surface area contributed by atoms with Gasteiger partial charge in [0, 0.05) is 10.9 Å². The van der Waals surface area contributed by atoms with Crippen molar-refractivity contribution in [2.75, 3.05) is 14.2 Å². The Kier molecular flexibility index (Phi) is 5.56. The van der Waals surface area contributed by atoms with E-state index in [1.165, 1.54) is 12.1 Å². The zero-order valence-corrected chi connectivity index (χ0v) is 14.7.